The van der Waals surface area contributed by atoms with Crippen molar-refractivity contribution in [3.05, 3.63) is 0 Å². The molecule has 0 saturated carbocycles. The number of amides is 1. The predicted molar refractivity (Wildman–Crippen MR) is 84.5 cm³/mol. The van der Waals surface area contributed by atoms with E-state index in [0.29, 0.717) is 0 Å². The molecule has 0 aromatic heterocycles. The van der Waals surface area contributed by atoms with Crippen LogP contribution >= 0.6 is 0 Å². The van der Waals surface area contributed by atoms with Gasteiger partial charge in [-0.05, 0) is 50.6 Å². The van der Waals surface area contributed by atoms with Gasteiger partial charge in [-0.1, -0.05) is 27.2 Å². The van der Waals surface area contributed by atoms with E-state index in [0.717, 1.165) is 38.3 Å². The van der Waals surface area contributed by atoms with Crippen molar-refractivity contribution in [3.63, 3.8) is 0 Å². The fraction of sp³-hybridized carbons (Fsp3) is 0.938. The monoisotopic (exact) mass is 283 g/mol. The summed E-state index contributed by atoms with van der Waals surface area (Å²) in [5, 5.41) is 2.96. The van der Waals surface area contributed by atoms with Gasteiger partial charge in [-0.2, -0.15) is 0 Å². The Labute approximate surface area is 124 Å². The number of unbranched alkanes of at least 4 members (excludes halogenated alkanes) is 1. The van der Waals surface area contributed by atoms with Gasteiger partial charge in [0.05, 0.1) is 6.04 Å². The normalized spacial score (nSPS) is 23.3. The average molecular weight is 283 g/mol. The van der Waals surface area contributed by atoms with E-state index in [4.69, 9.17) is 5.73 Å². The van der Waals surface area contributed by atoms with Crippen molar-refractivity contribution in [1.82, 2.24) is 10.2 Å². The van der Waals surface area contributed by atoms with E-state index in [1.54, 1.807) is 0 Å². The van der Waals surface area contributed by atoms with Gasteiger partial charge in [0.15, 0.2) is 0 Å². The van der Waals surface area contributed by atoms with E-state index in [1.807, 2.05) is 6.92 Å². The number of carbonyl (C=O) groups excluding carboxylic acids is 1. The van der Waals surface area contributed by atoms with Gasteiger partial charge in [0, 0.05) is 13.1 Å². The lowest BCUT2D eigenvalue weighted by Gasteiger charge is -2.30. The fourth-order valence-electron chi connectivity index (χ4n) is 2.79. The first-order valence-electron chi connectivity index (χ1n) is 8.30. The zero-order chi connectivity index (χ0) is 15.0. The lowest BCUT2D eigenvalue weighted by molar-refractivity contribution is -0.123. The van der Waals surface area contributed by atoms with Crippen LogP contribution in [0.5, 0.6) is 0 Å². The molecule has 4 heteroatoms. The van der Waals surface area contributed by atoms with E-state index in [-0.39, 0.29) is 17.9 Å². The number of rotatable bonds is 8. The molecule has 3 N–H and O–H groups in total. The van der Waals surface area contributed by atoms with Crippen molar-refractivity contribution in [2.75, 3.05) is 26.2 Å². The highest BCUT2D eigenvalue weighted by Crippen LogP contribution is 2.15. The van der Waals surface area contributed by atoms with Crippen molar-refractivity contribution in [1.29, 1.82) is 0 Å². The number of nitrogens with two attached hydrogens (primary N) is 1. The number of nitrogens with zero attached hydrogens (tertiary/aromatic N) is 1. The molecule has 3 unspecified atom stereocenters. The van der Waals surface area contributed by atoms with Crippen LogP contribution in [0.2, 0.25) is 0 Å². The molecule has 1 heterocycles. The Hall–Kier alpha value is -0.610. The summed E-state index contributed by atoms with van der Waals surface area (Å²) in [7, 11) is 0. The number of piperidine rings is 1. The van der Waals surface area contributed by atoms with Gasteiger partial charge >= 0.3 is 0 Å². The predicted octanol–water partition coefficient (Wildman–Crippen LogP) is 1.99. The van der Waals surface area contributed by atoms with Crippen molar-refractivity contribution < 1.29 is 4.79 Å². The Bertz CT molecular complexity index is 283. The summed E-state index contributed by atoms with van der Waals surface area (Å²) in [6, 6.07) is -0.358. The summed E-state index contributed by atoms with van der Waals surface area (Å²) in [6.07, 6.45) is 5.86. The topological polar surface area (TPSA) is 58.4 Å². The number of hydrogen-bond acceptors (Lipinski definition) is 3. The van der Waals surface area contributed by atoms with Crippen LogP contribution in [-0.4, -0.2) is 43.0 Å². The van der Waals surface area contributed by atoms with Crippen LogP contribution in [0.1, 0.15) is 52.9 Å². The SMILES string of the molecule is CCC(C)C(N)C(=O)NCCCCN1CCCC(C)C1. The third-order valence-electron chi connectivity index (χ3n) is 4.50. The second kappa shape index (κ2) is 9.35. The maximum atomic E-state index is 11.8. The van der Waals surface area contributed by atoms with Crippen LogP contribution in [0.3, 0.4) is 0 Å². The maximum absolute atomic E-state index is 11.8. The molecular weight excluding hydrogens is 250 g/mol. The Balaban J connectivity index is 2.05. The summed E-state index contributed by atoms with van der Waals surface area (Å²) in [5.41, 5.74) is 5.90. The molecule has 0 aromatic carbocycles. The van der Waals surface area contributed by atoms with E-state index < -0.39 is 0 Å². The van der Waals surface area contributed by atoms with Crippen molar-refractivity contribution >= 4 is 5.91 Å². The molecule has 0 radical (unpaired) electrons. The molecule has 1 fully saturated rings. The molecule has 0 aliphatic carbocycles. The molecule has 1 rings (SSSR count). The van der Waals surface area contributed by atoms with Crippen LogP contribution in [0, 0.1) is 11.8 Å². The summed E-state index contributed by atoms with van der Waals surface area (Å²) >= 11 is 0. The van der Waals surface area contributed by atoms with Crippen molar-refractivity contribution in [2.45, 2.75) is 58.9 Å². The number of carbonyl (C=O) groups is 1. The molecule has 3 atom stereocenters. The standard InChI is InChI=1S/C16H33N3O/c1-4-14(3)15(17)16(20)18-9-5-6-10-19-11-7-8-13(2)12-19/h13-15H,4-12,17H2,1-3H3,(H,18,20). The van der Waals surface area contributed by atoms with Gasteiger partial charge in [-0.15, -0.1) is 0 Å². The van der Waals surface area contributed by atoms with Crippen molar-refractivity contribution in [2.24, 2.45) is 17.6 Å². The first-order chi connectivity index (χ1) is 9.54. The van der Waals surface area contributed by atoms with Gasteiger partial charge in [0.1, 0.15) is 0 Å². The fourth-order valence-corrected chi connectivity index (χ4v) is 2.79. The van der Waals surface area contributed by atoms with E-state index >= 15 is 0 Å². The highest BCUT2D eigenvalue weighted by atomic mass is 16.2. The Kier molecular flexibility index (Phi) is 8.15. The van der Waals surface area contributed by atoms with Gasteiger partial charge in [0.2, 0.25) is 5.91 Å². The van der Waals surface area contributed by atoms with Crippen LogP contribution in [0.25, 0.3) is 0 Å². The molecule has 0 bridgehead atoms. The Morgan fingerprint density at radius 1 is 1.45 bits per heavy atom. The second-order valence-corrected chi connectivity index (χ2v) is 6.46. The largest absolute Gasteiger partial charge is 0.355 e. The molecule has 1 aliphatic heterocycles. The van der Waals surface area contributed by atoms with Crippen LogP contribution in [-0.2, 0) is 4.79 Å². The quantitative estimate of drug-likeness (QED) is 0.670. The minimum atomic E-state index is -0.358. The highest BCUT2D eigenvalue weighted by Gasteiger charge is 2.19. The Morgan fingerprint density at radius 3 is 2.85 bits per heavy atom. The van der Waals surface area contributed by atoms with E-state index in [2.05, 4.69) is 24.1 Å². The minimum Gasteiger partial charge on any atom is -0.355 e. The molecule has 1 aliphatic rings. The molecule has 0 spiro atoms. The lowest BCUT2D eigenvalue weighted by Crippen LogP contribution is -2.45. The first-order valence-corrected chi connectivity index (χ1v) is 8.30. The molecule has 0 aromatic rings. The second-order valence-electron chi connectivity index (χ2n) is 6.46. The van der Waals surface area contributed by atoms with Gasteiger partial charge in [-0.3, -0.25) is 4.79 Å². The number of nitrogens with one attached hydrogen (secondary N) is 1. The van der Waals surface area contributed by atoms with E-state index in [9.17, 15) is 4.79 Å². The lowest BCUT2D eigenvalue weighted by atomic mass is 9.99. The van der Waals surface area contributed by atoms with Crippen molar-refractivity contribution in [3.8, 4) is 0 Å². The van der Waals surface area contributed by atoms with E-state index in [1.165, 1.54) is 25.9 Å². The maximum Gasteiger partial charge on any atom is 0.237 e. The molecule has 1 saturated heterocycles. The zero-order valence-electron chi connectivity index (χ0n) is 13.5. The number of likely N-dealkylation sites (tertiary alicyclic amines) is 1. The van der Waals surface area contributed by atoms with Gasteiger partial charge in [-0.25, -0.2) is 0 Å². The molecule has 4 nitrogen and oxygen atoms in total. The van der Waals surface area contributed by atoms with Gasteiger partial charge in [0.25, 0.3) is 0 Å². The summed E-state index contributed by atoms with van der Waals surface area (Å²) < 4.78 is 0. The van der Waals surface area contributed by atoms with Crippen LogP contribution in [0.4, 0.5) is 0 Å². The third-order valence-corrected chi connectivity index (χ3v) is 4.50. The first kappa shape index (κ1) is 17.4. The number of hydrogen-bond donors (Lipinski definition) is 2. The van der Waals surface area contributed by atoms with Gasteiger partial charge < -0.3 is 16.0 Å². The summed E-state index contributed by atoms with van der Waals surface area (Å²) in [4.78, 5) is 14.4. The Morgan fingerprint density at radius 2 is 2.20 bits per heavy atom. The molecule has 1 amide bonds. The smallest absolute Gasteiger partial charge is 0.237 e. The third kappa shape index (κ3) is 6.23. The summed E-state index contributed by atoms with van der Waals surface area (Å²) in [6.45, 7) is 10.8. The molecular formula is C16H33N3O. The molecule has 118 valence electrons. The molecule has 20 heavy (non-hydrogen) atoms. The zero-order valence-corrected chi connectivity index (χ0v) is 13.5. The summed E-state index contributed by atoms with van der Waals surface area (Å²) in [5.74, 6) is 1.10. The average Bonchev–Trinajstić information content (AvgIpc) is 2.45. The van der Waals surface area contributed by atoms with Crippen LogP contribution < -0.4 is 11.1 Å². The van der Waals surface area contributed by atoms with Crippen LogP contribution in [0.15, 0.2) is 0 Å². The highest BCUT2D eigenvalue weighted by molar-refractivity contribution is 5.81. The minimum absolute atomic E-state index is 0.00550.